The van der Waals surface area contributed by atoms with E-state index >= 15 is 0 Å². The first kappa shape index (κ1) is 12.7. The summed E-state index contributed by atoms with van der Waals surface area (Å²) >= 11 is 0. The molecule has 0 aliphatic heterocycles. The van der Waals surface area contributed by atoms with Gasteiger partial charge in [0.25, 0.3) is 5.69 Å². The Morgan fingerprint density at radius 3 is 2.26 bits per heavy atom. The first-order valence-corrected chi connectivity index (χ1v) is 5.28. The minimum absolute atomic E-state index is 0.0407. The van der Waals surface area contributed by atoms with E-state index in [1.54, 1.807) is 6.92 Å². The van der Waals surface area contributed by atoms with E-state index < -0.39 is 21.5 Å². The topological polar surface area (TPSA) is 126 Å². The van der Waals surface area contributed by atoms with Crippen LogP contribution < -0.4 is 16.5 Å². The molecule has 8 heteroatoms. The number of aromatic nitrogens is 2. The standard InChI is InChI=1S/C11H9N3O5/c1-4-3-6-7(8(5(4)2)14(18)19)13-11(17)9(15)10(16)12-6/h3H,1-2H3,(H2,12,13,15,16,17). The number of hydrogen-bond donors (Lipinski definition) is 2. The Hall–Kier alpha value is -2.77. The van der Waals surface area contributed by atoms with Crippen LogP contribution in [0.1, 0.15) is 11.1 Å². The molecule has 8 nitrogen and oxygen atoms in total. The molecule has 2 rings (SSSR count). The summed E-state index contributed by atoms with van der Waals surface area (Å²) in [5.74, 6) is 0. The summed E-state index contributed by atoms with van der Waals surface area (Å²) in [5, 5.41) is 11.1. The van der Waals surface area contributed by atoms with Crippen LogP contribution in [-0.2, 0) is 0 Å². The lowest BCUT2D eigenvalue weighted by molar-refractivity contribution is -0.383. The Balaban J connectivity index is 3.24. The van der Waals surface area contributed by atoms with Gasteiger partial charge in [0, 0.05) is 5.56 Å². The Morgan fingerprint density at radius 2 is 1.68 bits per heavy atom. The number of aryl methyl sites for hydroxylation is 1. The maximum atomic E-state index is 11.4. The number of fused-ring (bicyclic) bond motifs is 1. The molecule has 19 heavy (non-hydrogen) atoms. The average Bonchev–Trinajstić information content (AvgIpc) is 2.42. The van der Waals surface area contributed by atoms with E-state index in [1.807, 2.05) is 0 Å². The Kier molecular flexibility index (Phi) is 2.78. The van der Waals surface area contributed by atoms with Crippen molar-refractivity contribution in [1.29, 1.82) is 0 Å². The predicted octanol–water partition coefficient (Wildman–Crippen LogP) is 0.102. The van der Waals surface area contributed by atoms with E-state index in [0.717, 1.165) is 0 Å². The minimum Gasteiger partial charge on any atom is -0.317 e. The van der Waals surface area contributed by atoms with Crippen molar-refractivity contribution in [3.8, 4) is 0 Å². The van der Waals surface area contributed by atoms with Crippen molar-refractivity contribution in [2.75, 3.05) is 0 Å². The third-order valence-electron chi connectivity index (χ3n) is 2.90. The van der Waals surface area contributed by atoms with E-state index in [0.29, 0.717) is 11.1 Å². The largest absolute Gasteiger partial charge is 0.317 e. The second kappa shape index (κ2) is 4.16. The van der Waals surface area contributed by atoms with E-state index in [2.05, 4.69) is 9.97 Å². The van der Waals surface area contributed by atoms with Crippen LogP contribution in [0.25, 0.3) is 11.0 Å². The zero-order chi connectivity index (χ0) is 14.3. The molecule has 0 spiro atoms. The molecule has 1 aromatic heterocycles. The highest BCUT2D eigenvalue weighted by Gasteiger charge is 2.19. The van der Waals surface area contributed by atoms with Gasteiger partial charge in [-0.05, 0) is 25.5 Å². The summed E-state index contributed by atoms with van der Waals surface area (Å²) in [6.07, 6.45) is 0. The van der Waals surface area contributed by atoms with E-state index in [-0.39, 0.29) is 16.7 Å². The summed E-state index contributed by atoms with van der Waals surface area (Å²) in [6.45, 7) is 3.15. The third-order valence-corrected chi connectivity index (χ3v) is 2.90. The molecule has 0 amide bonds. The highest BCUT2D eigenvalue weighted by atomic mass is 16.6. The van der Waals surface area contributed by atoms with Gasteiger partial charge in [-0.3, -0.25) is 24.5 Å². The van der Waals surface area contributed by atoms with Crippen LogP contribution in [-0.4, -0.2) is 14.9 Å². The number of H-pyrrole nitrogens is 2. The fourth-order valence-corrected chi connectivity index (χ4v) is 1.80. The SMILES string of the molecule is Cc1cc2[nH]c(=O)c(=O)c(=O)[nH]c2c([N+](=O)[O-])c1C. The second-order valence-electron chi connectivity index (χ2n) is 4.08. The highest BCUT2D eigenvalue weighted by molar-refractivity contribution is 5.86. The molecule has 0 saturated heterocycles. The van der Waals surface area contributed by atoms with Crippen LogP contribution in [0.4, 0.5) is 5.69 Å². The molecule has 0 bridgehead atoms. The molecular weight excluding hydrogens is 254 g/mol. The normalized spacial score (nSPS) is 10.6. The molecule has 0 atom stereocenters. The van der Waals surface area contributed by atoms with Crippen LogP contribution >= 0.6 is 0 Å². The lowest BCUT2D eigenvalue weighted by Gasteiger charge is -2.03. The van der Waals surface area contributed by atoms with Crippen molar-refractivity contribution < 1.29 is 4.92 Å². The van der Waals surface area contributed by atoms with Crippen molar-refractivity contribution >= 4 is 16.7 Å². The lowest BCUT2D eigenvalue weighted by Crippen LogP contribution is -2.36. The molecule has 0 radical (unpaired) electrons. The van der Waals surface area contributed by atoms with Crippen molar-refractivity contribution in [3.63, 3.8) is 0 Å². The van der Waals surface area contributed by atoms with Gasteiger partial charge in [0.2, 0.25) is 0 Å². The van der Waals surface area contributed by atoms with Gasteiger partial charge in [0.15, 0.2) is 0 Å². The Labute approximate surface area is 104 Å². The highest BCUT2D eigenvalue weighted by Crippen LogP contribution is 2.27. The first-order valence-electron chi connectivity index (χ1n) is 5.28. The average molecular weight is 263 g/mol. The number of benzene rings is 1. The summed E-state index contributed by atoms with van der Waals surface area (Å²) in [6, 6.07) is 1.47. The molecule has 0 unspecified atom stereocenters. The maximum absolute atomic E-state index is 11.4. The van der Waals surface area contributed by atoms with Gasteiger partial charge in [-0.15, -0.1) is 0 Å². The van der Waals surface area contributed by atoms with Crippen LogP contribution in [0.2, 0.25) is 0 Å². The smallest absolute Gasteiger partial charge is 0.307 e. The van der Waals surface area contributed by atoms with Crippen molar-refractivity contribution in [1.82, 2.24) is 9.97 Å². The van der Waals surface area contributed by atoms with Gasteiger partial charge in [0.1, 0.15) is 5.52 Å². The quantitative estimate of drug-likeness (QED) is 0.428. The molecule has 98 valence electrons. The zero-order valence-corrected chi connectivity index (χ0v) is 10.1. The molecule has 0 aliphatic carbocycles. The number of nitro benzene ring substituents is 1. The maximum Gasteiger partial charge on any atom is 0.307 e. The van der Waals surface area contributed by atoms with Gasteiger partial charge in [-0.2, -0.15) is 0 Å². The Bertz CT molecular complexity index is 878. The second-order valence-corrected chi connectivity index (χ2v) is 4.08. The van der Waals surface area contributed by atoms with Crippen LogP contribution in [0.5, 0.6) is 0 Å². The molecule has 0 fully saturated rings. The van der Waals surface area contributed by atoms with E-state index in [4.69, 9.17) is 0 Å². The minimum atomic E-state index is -1.29. The third kappa shape index (κ3) is 1.92. The van der Waals surface area contributed by atoms with Crippen LogP contribution in [0.3, 0.4) is 0 Å². The zero-order valence-electron chi connectivity index (χ0n) is 10.1. The number of nitro groups is 1. The lowest BCUT2D eigenvalue weighted by atomic mass is 10.1. The molecule has 1 heterocycles. The number of rotatable bonds is 1. The first-order chi connectivity index (χ1) is 8.82. The van der Waals surface area contributed by atoms with Gasteiger partial charge in [-0.25, -0.2) is 0 Å². The number of aromatic amines is 2. The van der Waals surface area contributed by atoms with E-state index in [9.17, 15) is 24.5 Å². The summed E-state index contributed by atoms with van der Waals surface area (Å²) in [4.78, 5) is 48.8. The van der Waals surface area contributed by atoms with Gasteiger partial charge >= 0.3 is 16.5 Å². The van der Waals surface area contributed by atoms with Gasteiger partial charge < -0.3 is 9.97 Å². The van der Waals surface area contributed by atoms with Crippen LogP contribution in [0.15, 0.2) is 20.4 Å². The molecule has 2 N–H and O–H groups in total. The van der Waals surface area contributed by atoms with Crippen molar-refractivity contribution in [2.24, 2.45) is 0 Å². The summed E-state index contributed by atoms with van der Waals surface area (Å²) in [7, 11) is 0. The predicted molar refractivity (Wildman–Crippen MR) is 67.6 cm³/mol. The summed E-state index contributed by atoms with van der Waals surface area (Å²) < 4.78 is 0. The number of nitrogens with one attached hydrogen (secondary N) is 2. The summed E-state index contributed by atoms with van der Waals surface area (Å²) in [5.41, 5.74) is -3.14. The fourth-order valence-electron chi connectivity index (χ4n) is 1.80. The fraction of sp³-hybridized carbons (Fsp3) is 0.182. The van der Waals surface area contributed by atoms with Gasteiger partial charge in [0.05, 0.1) is 10.4 Å². The Morgan fingerprint density at radius 1 is 1.11 bits per heavy atom. The molecule has 0 aliphatic rings. The van der Waals surface area contributed by atoms with Crippen LogP contribution in [0, 0.1) is 24.0 Å². The molecule has 0 saturated carbocycles. The molecule has 2 aromatic rings. The van der Waals surface area contributed by atoms with Gasteiger partial charge in [-0.1, -0.05) is 0 Å². The van der Waals surface area contributed by atoms with E-state index in [1.165, 1.54) is 13.0 Å². The number of nitrogens with zero attached hydrogens (tertiary/aromatic N) is 1. The monoisotopic (exact) mass is 263 g/mol. The van der Waals surface area contributed by atoms with Crippen molar-refractivity contribution in [2.45, 2.75) is 13.8 Å². The molecular formula is C11H9N3O5. The number of hydrogen-bond acceptors (Lipinski definition) is 5. The van der Waals surface area contributed by atoms with Crippen molar-refractivity contribution in [3.05, 3.63) is 58.2 Å². The molecule has 1 aromatic carbocycles.